The normalized spacial score (nSPS) is 11.0. The molecule has 5 nitrogen and oxygen atoms in total. The van der Waals surface area contributed by atoms with Gasteiger partial charge in [-0.1, -0.05) is 84.9 Å². The van der Waals surface area contributed by atoms with Gasteiger partial charge in [-0.05, 0) is 35.9 Å². The molecule has 0 radical (unpaired) electrons. The number of hydrogen-bond donors (Lipinski definition) is 0. The summed E-state index contributed by atoms with van der Waals surface area (Å²) < 4.78 is 12.9. The van der Waals surface area contributed by atoms with Crippen molar-refractivity contribution in [1.82, 2.24) is 14.6 Å². The lowest BCUT2D eigenvalue weighted by Gasteiger charge is -2.10. The zero-order valence-corrected chi connectivity index (χ0v) is 20.6. The quantitative estimate of drug-likeness (QED) is 0.247. The van der Waals surface area contributed by atoms with Gasteiger partial charge >= 0.3 is 0 Å². The number of hydrogen-bond acceptors (Lipinski definition) is 4. The average molecular weight is 484 g/mol. The lowest BCUT2D eigenvalue weighted by Crippen LogP contribution is -1.99. The van der Waals surface area contributed by atoms with E-state index in [0.29, 0.717) is 0 Å². The Morgan fingerprint density at radius 1 is 0.568 bits per heavy atom. The van der Waals surface area contributed by atoms with Gasteiger partial charge in [0.1, 0.15) is 17.2 Å². The van der Waals surface area contributed by atoms with Crippen molar-refractivity contribution in [3.63, 3.8) is 0 Å². The second-order valence-corrected chi connectivity index (χ2v) is 8.68. The molecule has 37 heavy (non-hydrogen) atoms. The first-order valence-corrected chi connectivity index (χ1v) is 12.1. The first-order valence-electron chi connectivity index (χ1n) is 12.1. The van der Waals surface area contributed by atoms with Crippen LogP contribution in [0.25, 0.3) is 50.5 Å². The number of ether oxygens (including phenoxy) is 2. The van der Waals surface area contributed by atoms with Crippen molar-refractivity contribution in [3.05, 3.63) is 115 Å². The summed E-state index contributed by atoms with van der Waals surface area (Å²) in [6.07, 6.45) is 0. The van der Waals surface area contributed by atoms with Crippen LogP contribution in [0.4, 0.5) is 0 Å². The van der Waals surface area contributed by atoms with Gasteiger partial charge < -0.3 is 9.47 Å². The topological polar surface area (TPSA) is 48.7 Å². The lowest BCUT2D eigenvalue weighted by molar-refractivity contribution is 0.415. The van der Waals surface area contributed by atoms with Crippen LogP contribution in [0.15, 0.2) is 115 Å². The minimum Gasteiger partial charge on any atom is -0.497 e. The molecule has 0 unspecified atom stereocenters. The van der Waals surface area contributed by atoms with E-state index in [1.54, 1.807) is 14.2 Å². The lowest BCUT2D eigenvalue weighted by atomic mass is 10.0. The Bertz CT molecular complexity index is 1680. The van der Waals surface area contributed by atoms with Crippen LogP contribution < -0.4 is 9.47 Å². The van der Waals surface area contributed by atoms with Crippen molar-refractivity contribution in [1.29, 1.82) is 0 Å². The summed E-state index contributed by atoms with van der Waals surface area (Å²) in [5.74, 6) is 1.57. The maximum atomic E-state index is 5.53. The first-order chi connectivity index (χ1) is 18.2. The van der Waals surface area contributed by atoms with Crippen LogP contribution in [0, 0.1) is 0 Å². The van der Waals surface area contributed by atoms with Crippen molar-refractivity contribution >= 4 is 5.65 Å². The van der Waals surface area contributed by atoms with Gasteiger partial charge in [-0.2, -0.15) is 5.10 Å². The van der Waals surface area contributed by atoms with Crippen LogP contribution in [0.2, 0.25) is 0 Å². The minimum atomic E-state index is 0.774. The fraction of sp³-hybridized carbons (Fsp3) is 0.0625. The first kappa shape index (κ1) is 22.6. The van der Waals surface area contributed by atoms with Crippen LogP contribution >= 0.6 is 0 Å². The van der Waals surface area contributed by atoms with Gasteiger partial charge in [-0.15, -0.1) is 0 Å². The summed E-state index contributed by atoms with van der Waals surface area (Å²) >= 11 is 0. The molecule has 0 bridgehead atoms. The third kappa shape index (κ3) is 4.21. The van der Waals surface area contributed by atoms with Crippen molar-refractivity contribution in [2.45, 2.75) is 0 Å². The fourth-order valence-electron chi connectivity index (χ4n) is 4.58. The van der Waals surface area contributed by atoms with E-state index in [-0.39, 0.29) is 0 Å². The Morgan fingerprint density at radius 2 is 1.22 bits per heavy atom. The van der Waals surface area contributed by atoms with E-state index in [9.17, 15) is 0 Å². The van der Waals surface area contributed by atoms with Crippen molar-refractivity contribution in [2.75, 3.05) is 14.2 Å². The second-order valence-electron chi connectivity index (χ2n) is 8.68. The molecule has 0 N–H and O–H groups in total. The third-order valence-electron chi connectivity index (χ3n) is 6.45. The Balaban J connectivity index is 1.71. The molecule has 2 aromatic heterocycles. The Morgan fingerprint density at radius 3 is 1.89 bits per heavy atom. The van der Waals surface area contributed by atoms with Gasteiger partial charge in [0, 0.05) is 16.7 Å². The summed E-state index contributed by atoms with van der Waals surface area (Å²) in [4.78, 5) is 5.18. The van der Waals surface area contributed by atoms with E-state index in [1.807, 2.05) is 71.2 Å². The largest absolute Gasteiger partial charge is 0.497 e. The average Bonchev–Trinajstić information content (AvgIpc) is 3.37. The van der Waals surface area contributed by atoms with Crippen LogP contribution in [0.5, 0.6) is 11.5 Å². The number of fused-ring (bicyclic) bond motifs is 1. The highest BCUT2D eigenvalue weighted by atomic mass is 16.5. The van der Waals surface area contributed by atoms with Gasteiger partial charge in [-0.3, -0.25) is 0 Å². The van der Waals surface area contributed by atoms with Crippen molar-refractivity contribution < 1.29 is 9.47 Å². The number of nitrogens with zero attached hydrogens (tertiary/aromatic N) is 3. The molecular weight excluding hydrogens is 458 g/mol. The zero-order valence-electron chi connectivity index (χ0n) is 20.6. The molecule has 2 heterocycles. The van der Waals surface area contributed by atoms with E-state index in [0.717, 1.165) is 62.0 Å². The highest BCUT2D eigenvalue weighted by molar-refractivity contribution is 5.92. The molecule has 0 saturated heterocycles. The summed E-state index contributed by atoms with van der Waals surface area (Å²) in [5, 5.41) is 5.16. The molecule has 6 rings (SSSR count). The molecule has 0 saturated carbocycles. The summed E-state index contributed by atoms with van der Waals surface area (Å²) in [6.45, 7) is 0. The monoisotopic (exact) mass is 483 g/mol. The van der Waals surface area contributed by atoms with Crippen LogP contribution in [0.3, 0.4) is 0 Å². The van der Waals surface area contributed by atoms with E-state index < -0.39 is 0 Å². The fourth-order valence-corrected chi connectivity index (χ4v) is 4.58. The molecular formula is C32H25N3O2. The highest BCUT2D eigenvalue weighted by Gasteiger charge is 2.22. The molecule has 0 fully saturated rings. The Labute approximate surface area is 215 Å². The molecule has 6 aromatic rings. The Kier molecular flexibility index (Phi) is 5.87. The van der Waals surface area contributed by atoms with Gasteiger partial charge in [-0.25, -0.2) is 9.50 Å². The van der Waals surface area contributed by atoms with E-state index >= 15 is 0 Å². The molecule has 5 heteroatoms. The van der Waals surface area contributed by atoms with Crippen molar-refractivity contribution in [3.8, 4) is 56.4 Å². The third-order valence-corrected chi connectivity index (χ3v) is 6.45. The maximum absolute atomic E-state index is 5.53. The van der Waals surface area contributed by atoms with Gasteiger partial charge in [0.05, 0.1) is 31.2 Å². The van der Waals surface area contributed by atoms with E-state index in [1.165, 1.54) is 0 Å². The van der Waals surface area contributed by atoms with Gasteiger partial charge in [0.2, 0.25) is 0 Å². The zero-order chi connectivity index (χ0) is 25.2. The van der Waals surface area contributed by atoms with Gasteiger partial charge in [0.15, 0.2) is 5.65 Å². The second kappa shape index (κ2) is 9.63. The summed E-state index contributed by atoms with van der Waals surface area (Å²) in [6, 6.07) is 38.7. The minimum absolute atomic E-state index is 0.774. The maximum Gasteiger partial charge on any atom is 0.164 e. The van der Waals surface area contributed by atoms with E-state index in [4.69, 9.17) is 19.6 Å². The highest BCUT2D eigenvalue weighted by Crippen LogP contribution is 2.39. The molecule has 4 aromatic carbocycles. The SMILES string of the molecule is COc1ccc(-c2c(-c3cccc(OC)c3)nn3c(-c4ccccc4)cc(-c4ccccc4)nc23)cc1. The molecule has 0 atom stereocenters. The van der Waals surface area contributed by atoms with Crippen LogP contribution in [0.1, 0.15) is 0 Å². The Hall–Kier alpha value is -4.90. The molecule has 180 valence electrons. The van der Waals surface area contributed by atoms with E-state index in [2.05, 4.69) is 48.5 Å². The molecule has 0 aliphatic heterocycles. The van der Waals surface area contributed by atoms with Crippen molar-refractivity contribution in [2.24, 2.45) is 0 Å². The predicted octanol–water partition coefficient (Wildman–Crippen LogP) is 7.41. The number of benzene rings is 4. The predicted molar refractivity (Wildman–Crippen MR) is 148 cm³/mol. The van der Waals surface area contributed by atoms with Crippen LogP contribution in [-0.4, -0.2) is 28.8 Å². The summed E-state index contributed by atoms with van der Waals surface area (Å²) in [7, 11) is 3.35. The molecule has 0 spiro atoms. The van der Waals surface area contributed by atoms with Gasteiger partial charge in [0.25, 0.3) is 0 Å². The number of rotatable bonds is 6. The number of methoxy groups -OCH3 is 2. The number of aromatic nitrogens is 3. The standard InChI is InChI=1S/C32H25N3O2/c1-36-26-18-16-24(17-19-26)30-31(25-14-9-15-27(20-25)37-2)34-35-29(23-12-7-4-8-13-23)21-28(33-32(30)35)22-10-5-3-6-11-22/h3-21H,1-2H3. The van der Waals surface area contributed by atoms with Crippen LogP contribution in [-0.2, 0) is 0 Å². The smallest absolute Gasteiger partial charge is 0.164 e. The molecule has 0 aliphatic rings. The summed E-state index contributed by atoms with van der Waals surface area (Å²) in [5.41, 5.74) is 8.49. The molecule has 0 amide bonds. The molecule has 0 aliphatic carbocycles.